The minimum atomic E-state index is -0.931. The molecule has 108 valence electrons. The highest BCUT2D eigenvalue weighted by molar-refractivity contribution is 7.13. The van der Waals surface area contributed by atoms with E-state index >= 15 is 0 Å². The zero-order valence-electron chi connectivity index (χ0n) is 11.7. The van der Waals surface area contributed by atoms with Gasteiger partial charge >= 0.3 is 0 Å². The van der Waals surface area contributed by atoms with Crippen LogP contribution in [0.4, 0.5) is 0 Å². The molecule has 2 N–H and O–H groups in total. The maximum absolute atomic E-state index is 12.0. The van der Waals surface area contributed by atoms with Crippen LogP contribution < -0.4 is 5.32 Å². The highest BCUT2D eigenvalue weighted by atomic mass is 32.1. The Morgan fingerprint density at radius 1 is 1.60 bits per heavy atom. The fraction of sp³-hybridized carbons (Fsp3) is 0.429. The molecule has 0 bridgehead atoms. The van der Waals surface area contributed by atoms with Gasteiger partial charge in [0.2, 0.25) is 0 Å². The molecule has 2 rings (SSSR count). The lowest BCUT2D eigenvalue weighted by Gasteiger charge is -2.27. The predicted molar refractivity (Wildman–Crippen MR) is 77.6 cm³/mol. The van der Waals surface area contributed by atoms with Crippen LogP contribution >= 0.6 is 11.3 Å². The van der Waals surface area contributed by atoms with E-state index in [0.29, 0.717) is 5.69 Å². The number of hydrogen-bond acceptors (Lipinski definition) is 5. The number of hydrogen-bond donors (Lipinski definition) is 2. The van der Waals surface area contributed by atoms with Crippen LogP contribution in [0, 0.1) is 5.92 Å². The second-order valence-electron chi connectivity index (χ2n) is 5.24. The molecule has 1 amide bonds. The van der Waals surface area contributed by atoms with Gasteiger partial charge in [-0.3, -0.25) is 4.79 Å². The molecular weight excluding hydrogens is 276 g/mol. The highest BCUT2D eigenvalue weighted by Gasteiger charge is 2.26. The molecule has 1 unspecified atom stereocenters. The molecule has 5 nitrogen and oxygen atoms in total. The van der Waals surface area contributed by atoms with Gasteiger partial charge in [0.1, 0.15) is 17.0 Å². The Bertz CT molecular complexity index is 573. The Labute approximate surface area is 121 Å². The second-order valence-corrected chi connectivity index (χ2v) is 6.10. The summed E-state index contributed by atoms with van der Waals surface area (Å²) in [5.41, 5.74) is 0.271. The Morgan fingerprint density at radius 2 is 2.35 bits per heavy atom. The summed E-state index contributed by atoms with van der Waals surface area (Å²) in [5, 5.41) is 15.2. The normalized spacial score (nSPS) is 14.2. The standard InChI is InChI=1S/C14H18N2O3S/c1-9(2)14(3,18)8-15-12(17)11-7-20-13(16-11)10-4-5-19-6-10/h4-7,9,18H,8H2,1-3H3,(H,15,17). The van der Waals surface area contributed by atoms with Gasteiger partial charge < -0.3 is 14.8 Å². The average molecular weight is 294 g/mol. The molecule has 20 heavy (non-hydrogen) atoms. The third-order valence-electron chi connectivity index (χ3n) is 3.36. The van der Waals surface area contributed by atoms with Crippen LogP contribution in [0.25, 0.3) is 10.6 Å². The first-order valence-corrected chi connectivity index (χ1v) is 7.27. The van der Waals surface area contributed by atoms with Crippen molar-refractivity contribution in [2.75, 3.05) is 6.54 Å². The van der Waals surface area contributed by atoms with E-state index in [-0.39, 0.29) is 18.4 Å². The number of aliphatic hydroxyl groups is 1. The fourth-order valence-electron chi connectivity index (χ4n) is 1.45. The summed E-state index contributed by atoms with van der Waals surface area (Å²) in [6, 6.07) is 1.80. The lowest BCUT2D eigenvalue weighted by atomic mass is 9.92. The van der Waals surface area contributed by atoms with E-state index in [2.05, 4.69) is 10.3 Å². The Morgan fingerprint density at radius 3 is 2.95 bits per heavy atom. The molecule has 2 aromatic rings. The van der Waals surface area contributed by atoms with Crippen molar-refractivity contribution < 1.29 is 14.3 Å². The average Bonchev–Trinajstić information content (AvgIpc) is 3.05. The number of carbonyl (C=O) groups excluding carboxylic acids is 1. The first-order chi connectivity index (χ1) is 9.40. The van der Waals surface area contributed by atoms with Gasteiger partial charge in [-0.15, -0.1) is 11.3 Å². The molecule has 0 aliphatic carbocycles. The topological polar surface area (TPSA) is 75.4 Å². The van der Waals surface area contributed by atoms with Gasteiger partial charge in [-0.25, -0.2) is 4.98 Å². The molecule has 0 aliphatic heterocycles. The van der Waals surface area contributed by atoms with Gasteiger partial charge in [0.05, 0.1) is 11.9 Å². The van der Waals surface area contributed by atoms with Crippen molar-refractivity contribution in [3.8, 4) is 10.6 Å². The van der Waals surface area contributed by atoms with E-state index in [0.717, 1.165) is 10.6 Å². The van der Waals surface area contributed by atoms with Crippen LogP contribution in [-0.2, 0) is 0 Å². The molecule has 0 aliphatic rings. The second kappa shape index (κ2) is 5.76. The first-order valence-electron chi connectivity index (χ1n) is 6.39. The zero-order valence-corrected chi connectivity index (χ0v) is 12.5. The van der Waals surface area contributed by atoms with Crippen LogP contribution in [0.5, 0.6) is 0 Å². The fourth-order valence-corrected chi connectivity index (χ4v) is 2.24. The van der Waals surface area contributed by atoms with E-state index in [1.165, 1.54) is 11.3 Å². The maximum Gasteiger partial charge on any atom is 0.270 e. The molecule has 2 heterocycles. The monoisotopic (exact) mass is 294 g/mol. The summed E-state index contributed by atoms with van der Waals surface area (Å²) in [5.74, 6) is -0.225. The first kappa shape index (κ1) is 14.7. The van der Waals surface area contributed by atoms with E-state index < -0.39 is 5.60 Å². The number of aromatic nitrogens is 1. The molecule has 0 aromatic carbocycles. The van der Waals surface area contributed by atoms with Crippen molar-refractivity contribution in [2.45, 2.75) is 26.4 Å². The van der Waals surface area contributed by atoms with E-state index in [9.17, 15) is 9.90 Å². The maximum atomic E-state index is 12.0. The quantitative estimate of drug-likeness (QED) is 0.888. The number of nitrogens with one attached hydrogen (secondary N) is 1. The molecule has 2 aromatic heterocycles. The van der Waals surface area contributed by atoms with Crippen molar-refractivity contribution in [3.05, 3.63) is 29.7 Å². The highest BCUT2D eigenvalue weighted by Crippen LogP contribution is 2.24. The van der Waals surface area contributed by atoms with Gasteiger partial charge in [-0.05, 0) is 18.9 Å². The van der Waals surface area contributed by atoms with Crippen LogP contribution in [0.3, 0.4) is 0 Å². The van der Waals surface area contributed by atoms with Crippen molar-refractivity contribution in [1.29, 1.82) is 0 Å². The van der Waals surface area contributed by atoms with Gasteiger partial charge in [0.15, 0.2) is 0 Å². The van der Waals surface area contributed by atoms with Gasteiger partial charge in [0.25, 0.3) is 5.91 Å². The van der Waals surface area contributed by atoms with Gasteiger partial charge in [-0.1, -0.05) is 13.8 Å². The number of carbonyl (C=O) groups is 1. The molecule has 0 saturated heterocycles. The third-order valence-corrected chi connectivity index (χ3v) is 4.25. The van der Waals surface area contributed by atoms with Crippen LogP contribution in [0.1, 0.15) is 31.3 Å². The van der Waals surface area contributed by atoms with Crippen molar-refractivity contribution in [1.82, 2.24) is 10.3 Å². The van der Waals surface area contributed by atoms with Crippen molar-refractivity contribution in [3.63, 3.8) is 0 Å². The molecule has 1 atom stereocenters. The molecule has 0 saturated carbocycles. The number of nitrogens with zero attached hydrogens (tertiary/aromatic N) is 1. The summed E-state index contributed by atoms with van der Waals surface area (Å²) in [6.45, 7) is 5.72. The Hall–Kier alpha value is -1.66. The third kappa shape index (κ3) is 3.26. The molecule has 0 radical (unpaired) electrons. The Kier molecular flexibility index (Phi) is 4.25. The number of amides is 1. The number of furan rings is 1. The lowest BCUT2D eigenvalue weighted by Crippen LogP contribution is -2.44. The minimum absolute atomic E-state index is 0.0553. The number of thiazole rings is 1. The van der Waals surface area contributed by atoms with Gasteiger partial charge in [0, 0.05) is 17.5 Å². The predicted octanol–water partition coefficient (Wildman–Crippen LogP) is 2.54. The summed E-state index contributed by atoms with van der Waals surface area (Å²) >= 11 is 1.38. The molecular formula is C14H18N2O3S. The van der Waals surface area contributed by atoms with Gasteiger partial charge in [-0.2, -0.15) is 0 Å². The lowest BCUT2D eigenvalue weighted by molar-refractivity contribution is 0.0142. The molecule has 6 heteroatoms. The van der Waals surface area contributed by atoms with E-state index in [1.54, 1.807) is 30.9 Å². The summed E-state index contributed by atoms with van der Waals surface area (Å²) in [6.07, 6.45) is 3.15. The minimum Gasteiger partial charge on any atom is -0.472 e. The van der Waals surface area contributed by atoms with Crippen LogP contribution in [-0.4, -0.2) is 28.1 Å². The van der Waals surface area contributed by atoms with E-state index in [4.69, 9.17) is 4.42 Å². The molecule has 0 spiro atoms. The summed E-state index contributed by atoms with van der Waals surface area (Å²) in [7, 11) is 0. The SMILES string of the molecule is CC(C)C(C)(O)CNC(=O)c1csc(-c2ccoc2)n1. The van der Waals surface area contributed by atoms with Crippen molar-refractivity contribution in [2.24, 2.45) is 5.92 Å². The Balaban J connectivity index is 2.00. The van der Waals surface area contributed by atoms with Crippen molar-refractivity contribution >= 4 is 17.2 Å². The molecule has 0 fully saturated rings. The zero-order chi connectivity index (χ0) is 14.8. The van der Waals surface area contributed by atoms with Crippen LogP contribution in [0.2, 0.25) is 0 Å². The van der Waals surface area contributed by atoms with Crippen LogP contribution in [0.15, 0.2) is 28.4 Å². The van der Waals surface area contributed by atoms with E-state index in [1.807, 2.05) is 13.8 Å². The number of rotatable bonds is 5. The summed E-state index contributed by atoms with van der Waals surface area (Å²) in [4.78, 5) is 16.3. The summed E-state index contributed by atoms with van der Waals surface area (Å²) < 4.78 is 4.99. The largest absolute Gasteiger partial charge is 0.472 e. The smallest absolute Gasteiger partial charge is 0.270 e.